The van der Waals surface area contributed by atoms with Crippen molar-refractivity contribution in [3.8, 4) is 11.6 Å². The number of aromatic nitrogens is 4. The zero-order valence-electron chi connectivity index (χ0n) is 30.2. The Labute approximate surface area is 341 Å². The molecule has 12 rings (SSSR count). The Hall–Kier alpha value is -7.01. The zero-order valence-corrected chi connectivity index (χ0v) is 32.5. The van der Waals surface area contributed by atoms with Gasteiger partial charge >= 0.3 is 21.1 Å². The summed E-state index contributed by atoms with van der Waals surface area (Å²) >= 11 is 0. The van der Waals surface area contributed by atoms with Gasteiger partial charge in [-0.1, -0.05) is 113 Å². The van der Waals surface area contributed by atoms with Crippen molar-refractivity contribution in [3.05, 3.63) is 188 Å². The Morgan fingerprint density at radius 1 is 0.456 bits per heavy atom. The average molecular weight is 911 g/mol. The molecule has 57 heavy (non-hydrogen) atoms. The fraction of sp³-hybridized carbons (Fsp3) is 0. The van der Waals surface area contributed by atoms with Crippen molar-refractivity contribution >= 4 is 93.4 Å². The molecule has 7 heteroatoms. The summed E-state index contributed by atoms with van der Waals surface area (Å²) < 4.78 is 11.3. The van der Waals surface area contributed by atoms with Crippen LogP contribution in [-0.4, -0.2) is 19.1 Å². The van der Waals surface area contributed by atoms with E-state index in [1.54, 1.807) is 0 Å². The van der Waals surface area contributed by atoms with Crippen molar-refractivity contribution in [2.75, 3.05) is 4.90 Å². The Bertz CT molecular complexity index is 3340. The molecular formula is C50H29N5OPt. The summed E-state index contributed by atoms with van der Waals surface area (Å²) in [7, 11) is 0. The van der Waals surface area contributed by atoms with Gasteiger partial charge in [-0.2, -0.15) is 12.1 Å². The van der Waals surface area contributed by atoms with Crippen molar-refractivity contribution in [1.82, 2.24) is 19.1 Å². The maximum Gasteiger partial charge on any atom is 2.00 e. The summed E-state index contributed by atoms with van der Waals surface area (Å²) in [5.41, 5.74) is 8.22. The number of pyridine rings is 2. The van der Waals surface area contributed by atoms with Crippen LogP contribution in [0.3, 0.4) is 0 Å². The third-order valence-electron chi connectivity index (χ3n) is 11.0. The van der Waals surface area contributed by atoms with E-state index in [9.17, 15) is 0 Å². The minimum absolute atomic E-state index is 0. The number of rotatable bonds is 5. The van der Waals surface area contributed by atoms with E-state index in [-0.39, 0.29) is 21.1 Å². The van der Waals surface area contributed by atoms with E-state index in [0.717, 1.165) is 105 Å². The van der Waals surface area contributed by atoms with E-state index >= 15 is 0 Å². The van der Waals surface area contributed by atoms with Crippen LogP contribution >= 0.6 is 0 Å². The molecule has 0 atom stereocenters. The van der Waals surface area contributed by atoms with Crippen LogP contribution in [0.25, 0.3) is 88.0 Å². The number of anilines is 3. The van der Waals surface area contributed by atoms with Gasteiger partial charge < -0.3 is 18.5 Å². The number of hydrogen-bond acceptors (Lipinski definition) is 4. The Morgan fingerprint density at radius 3 is 1.54 bits per heavy atom. The molecule has 0 fully saturated rings. The fourth-order valence-electron chi connectivity index (χ4n) is 8.57. The molecule has 0 aliphatic carbocycles. The van der Waals surface area contributed by atoms with E-state index in [1.807, 2.05) is 60.9 Å². The summed E-state index contributed by atoms with van der Waals surface area (Å²) in [6, 6.07) is 64.7. The van der Waals surface area contributed by atoms with Crippen molar-refractivity contribution < 1.29 is 25.5 Å². The fourth-order valence-corrected chi connectivity index (χ4v) is 8.57. The number of benzene rings is 7. The van der Waals surface area contributed by atoms with E-state index in [0.29, 0.717) is 0 Å². The molecule has 7 aromatic carbocycles. The number of hydrogen-bond donors (Lipinski definition) is 0. The molecule has 12 aromatic rings. The van der Waals surface area contributed by atoms with Gasteiger partial charge in [0.25, 0.3) is 0 Å². The summed E-state index contributed by atoms with van der Waals surface area (Å²) in [6.07, 6.45) is 3.68. The quantitative estimate of drug-likeness (QED) is 0.161. The maximum atomic E-state index is 6.87. The van der Waals surface area contributed by atoms with Gasteiger partial charge in [-0.25, -0.2) is 9.97 Å². The first-order valence-electron chi connectivity index (χ1n) is 18.7. The minimum atomic E-state index is 0. The molecule has 0 aliphatic rings. The molecule has 0 unspecified atom stereocenters. The predicted molar refractivity (Wildman–Crippen MR) is 228 cm³/mol. The van der Waals surface area contributed by atoms with E-state index in [4.69, 9.17) is 14.4 Å². The van der Waals surface area contributed by atoms with Gasteiger partial charge in [0.2, 0.25) is 0 Å². The smallest absolute Gasteiger partial charge is 0.454 e. The van der Waals surface area contributed by atoms with Crippen LogP contribution in [0.2, 0.25) is 0 Å². The number of fused-ring (bicyclic) bond motifs is 10. The van der Waals surface area contributed by atoms with E-state index in [2.05, 4.69) is 141 Å². The van der Waals surface area contributed by atoms with Gasteiger partial charge in [-0.05, 0) is 64.7 Å². The second kappa shape index (κ2) is 13.0. The van der Waals surface area contributed by atoms with Gasteiger partial charge in [-0.15, -0.1) is 35.0 Å². The average Bonchev–Trinajstić information content (AvgIpc) is 3.91. The first-order valence-corrected chi connectivity index (χ1v) is 18.7. The molecule has 0 amide bonds. The topological polar surface area (TPSA) is 52.0 Å². The largest absolute Gasteiger partial charge is 2.00 e. The van der Waals surface area contributed by atoms with Gasteiger partial charge in [0.1, 0.15) is 17.2 Å². The summed E-state index contributed by atoms with van der Waals surface area (Å²) in [5, 5.41) is 8.74. The molecule has 5 heterocycles. The van der Waals surface area contributed by atoms with E-state index < -0.39 is 0 Å². The molecule has 5 aromatic heterocycles. The number of nitrogens with zero attached hydrogens (tertiary/aromatic N) is 5. The van der Waals surface area contributed by atoms with Crippen LogP contribution < -0.4 is 4.90 Å². The minimum Gasteiger partial charge on any atom is -0.454 e. The molecule has 0 saturated carbocycles. The molecule has 0 bridgehead atoms. The molecule has 0 aliphatic heterocycles. The van der Waals surface area contributed by atoms with Gasteiger partial charge in [0, 0.05) is 39.6 Å². The molecule has 6 nitrogen and oxygen atoms in total. The predicted octanol–water partition coefficient (Wildman–Crippen LogP) is 12.8. The van der Waals surface area contributed by atoms with Gasteiger partial charge in [-0.3, -0.25) is 0 Å². The van der Waals surface area contributed by atoms with Crippen molar-refractivity contribution in [1.29, 1.82) is 0 Å². The van der Waals surface area contributed by atoms with Gasteiger partial charge in [0.05, 0.1) is 5.69 Å². The first kappa shape index (κ1) is 33.3. The number of furan rings is 1. The van der Waals surface area contributed by atoms with Gasteiger partial charge in [0.15, 0.2) is 5.58 Å². The SMILES string of the molecule is [Pt+2].[c-]1c(N(c2[c-]c3c(cc2)c2ccccc2n3-c2ccccn2)c2c3ccccc3cc3c2oc2ccccc23)ccc2c3ccccc3n(-c3ccccn3)c12. The Morgan fingerprint density at radius 2 is 0.965 bits per heavy atom. The second-order valence-corrected chi connectivity index (χ2v) is 14.0. The standard InChI is InChI=1S/C50H29N5O.Pt/c1-2-14-35-32(13-1)29-41-40-17-5-8-20-46(40)56-50(41)49(35)53(33-23-25-38-36-15-3-6-18-42(36)54(44(38)30-33)47-21-9-11-27-51-47)34-24-26-39-37-16-4-7-19-43(37)55(45(39)31-34)48-22-10-12-28-52-48;/h1-29H;/q-2;+2. The summed E-state index contributed by atoms with van der Waals surface area (Å²) in [4.78, 5) is 11.9. The molecule has 270 valence electrons. The third kappa shape index (κ3) is 5.01. The second-order valence-electron chi connectivity index (χ2n) is 14.0. The van der Waals surface area contributed by atoms with Crippen LogP contribution in [0.4, 0.5) is 17.1 Å². The molecular weight excluding hydrogens is 882 g/mol. The monoisotopic (exact) mass is 910 g/mol. The van der Waals surface area contributed by atoms with Crippen LogP contribution in [0.1, 0.15) is 0 Å². The zero-order chi connectivity index (χ0) is 36.7. The maximum absolute atomic E-state index is 6.87. The van der Waals surface area contributed by atoms with Crippen molar-refractivity contribution in [3.63, 3.8) is 0 Å². The molecule has 0 saturated heterocycles. The van der Waals surface area contributed by atoms with Crippen molar-refractivity contribution in [2.24, 2.45) is 0 Å². The Balaban J connectivity index is 0.00000374. The summed E-state index contributed by atoms with van der Waals surface area (Å²) in [5.74, 6) is 1.66. The summed E-state index contributed by atoms with van der Waals surface area (Å²) in [6.45, 7) is 0. The van der Waals surface area contributed by atoms with Crippen LogP contribution in [0.15, 0.2) is 181 Å². The number of para-hydroxylation sites is 3. The third-order valence-corrected chi connectivity index (χ3v) is 11.0. The normalized spacial score (nSPS) is 11.7. The van der Waals surface area contributed by atoms with Crippen LogP contribution in [-0.2, 0) is 21.1 Å². The van der Waals surface area contributed by atoms with Crippen molar-refractivity contribution in [2.45, 2.75) is 0 Å². The molecule has 0 N–H and O–H groups in total. The first-order chi connectivity index (χ1) is 27.8. The molecule has 0 spiro atoms. The molecule has 0 radical (unpaired) electrons. The van der Waals surface area contributed by atoms with Crippen LogP contribution in [0, 0.1) is 12.1 Å². The van der Waals surface area contributed by atoms with Crippen LogP contribution in [0.5, 0.6) is 0 Å². The Kier molecular flexibility index (Phi) is 7.63. The van der Waals surface area contributed by atoms with E-state index in [1.165, 1.54) is 0 Å².